The Labute approximate surface area is 346 Å². The van der Waals surface area contributed by atoms with E-state index in [0.717, 1.165) is 89.3 Å². The maximum Gasteiger partial charge on any atom is 0.164 e. The van der Waals surface area contributed by atoms with Crippen LogP contribution in [0.1, 0.15) is 22.3 Å². The molecule has 0 radical (unpaired) electrons. The molecular formula is C54H33N5O. The first-order valence-corrected chi connectivity index (χ1v) is 20.1. The molecule has 10 aromatic rings. The van der Waals surface area contributed by atoms with Gasteiger partial charge in [0.15, 0.2) is 23.3 Å². The molecule has 3 heterocycles. The molecule has 6 nitrogen and oxygen atoms in total. The van der Waals surface area contributed by atoms with Crippen LogP contribution < -0.4 is 4.74 Å². The number of nitrogens with zero attached hydrogens (tertiary/aromatic N) is 5. The van der Waals surface area contributed by atoms with E-state index >= 15 is 0 Å². The lowest BCUT2D eigenvalue weighted by atomic mass is 9.66. The summed E-state index contributed by atoms with van der Waals surface area (Å²) in [5, 5.41) is 1.01. The maximum atomic E-state index is 6.71. The molecule has 1 aliphatic carbocycles. The fraction of sp³-hybridized carbons (Fsp3) is 0.0185. The predicted molar refractivity (Wildman–Crippen MR) is 237 cm³/mol. The number of hydrogen-bond donors (Lipinski definition) is 0. The Hall–Kier alpha value is -8.09. The van der Waals surface area contributed by atoms with E-state index in [4.69, 9.17) is 29.7 Å². The minimum Gasteiger partial charge on any atom is -0.457 e. The van der Waals surface area contributed by atoms with Crippen LogP contribution in [0.5, 0.6) is 11.5 Å². The first-order valence-electron chi connectivity index (χ1n) is 20.1. The van der Waals surface area contributed by atoms with Crippen LogP contribution >= 0.6 is 0 Å². The van der Waals surface area contributed by atoms with E-state index in [1.807, 2.05) is 91.0 Å². The summed E-state index contributed by atoms with van der Waals surface area (Å²) in [4.78, 5) is 26.0. The molecule has 0 fully saturated rings. The highest BCUT2D eigenvalue weighted by molar-refractivity contribution is 5.98. The second-order valence-corrected chi connectivity index (χ2v) is 15.2. The Balaban J connectivity index is 1.16. The third-order valence-electron chi connectivity index (χ3n) is 11.8. The fourth-order valence-corrected chi connectivity index (χ4v) is 9.22. The van der Waals surface area contributed by atoms with Crippen molar-refractivity contribution in [3.63, 3.8) is 0 Å². The molecule has 60 heavy (non-hydrogen) atoms. The molecule has 0 unspecified atom stereocenters. The molecule has 2 aromatic heterocycles. The summed E-state index contributed by atoms with van der Waals surface area (Å²) in [6, 6.07) is 68.9. The second-order valence-electron chi connectivity index (χ2n) is 15.2. The van der Waals surface area contributed by atoms with Crippen LogP contribution in [0.3, 0.4) is 0 Å². The molecule has 280 valence electrons. The number of ether oxygens (including phenoxy) is 1. The highest BCUT2D eigenvalue weighted by atomic mass is 16.5. The van der Waals surface area contributed by atoms with Gasteiger partial charge in [-0.25, -0.2) is 24.9 Å². The van der Waals surface area contributed by atoms with Crippen molar-refractivity contribution >= 4 is 10.9 Å². The van der Waals surface area contributed by atoms with Gasteiger partial charge in [0.25, 0.3) is 0 Å². The molecule has 12 rings (SSSR count). The molecule has 8 aromatic carbocycles. The van der Waals surface area contributed by atoms with E-state index in [0.29, 0.717) is 23.3 Å². The summed E-state index contributed by atoms with van der Waals surface area (Å²) in [7, 11) is 0. The first kappa shape index (κ1) is 34.0. The largest absolute Gasteiger partial charge is 0.457 e. The van der Waals surface area contributed by atoms with Crippen molar-refractivity contribution in [1.29, 1.82) is 0 Å². The summed E-state index contributed by atoms with van der Waals surface area (Å²) in [5.74, 6) is 4.13. The zero-order valence-corrected chi connectivity index (χ0v) is 32.2. The molecule has 1 aliphatic heterocycles. The Morgan fingerprint density at radius 3 is 1.53 bits per heavy atom. The minimum absolute atomic E-state index is 0.602. The highest BCUT2D eigenvalue weighted by Crippen LogP contribution is 2.63. The van der Waals surface area contributed by atoms with Crippen molar-refractivity contribution in [2.24, 2.45) is 0 Å². The summed E-state index contributed by atoms with van der Waals surface area (Å²) >= 11 is 0. The van der Waals surface area contributed by atoms with Crippen LogP contribution in [-0.2, 0) is 5.41 Å². The molecule has 0 saturated heterocycles. The standard InChI is InChI=1S/C54H33N5O/c1-4-17-34(18-5-1)49-39-23-10-13-28-45(39)55-52(56-49)37-31-32-38-44(33-37)54(41-25-11-14-29-46(41)60-47-30-15-12-26-42(47)54)43-27-16-24-40(48(38)43)53-58-50(35-19-6-2-7-20-35)57-51(59-53)36-21-8-3-9-22-36/h1-33H. The van der Waals surface area contributed by atoms with Gasteiger partial charge in [-0.1, -0.05) is 176 Å². The average molecular weight is 768 g/mol. The number of para-hydroxylation sites is 3. The van der Waals surface area contributed by atoms with Gasteiger partial charge < -0.3 is 4.74 Å². The molecule has 1 spiro atoms. The van der Waals surface area contributed by atoms with Crippen LogP contribution in [-0.4, -0.2) is 24.9 Å². The summed E-state index contributed by atoms with van der Waals surface area (Å²) in [6.45, 7) is 0. The topological polar surface area (TPSA) is 73.7 Å². The molecule has 0 atom stereocenters. The van der Waals surface area contributed by atoms with E-state index in [1.54, 1.807) is 0 Å². The quantitative estimate of drug-likeness (QED) is 0.174. The van der Waals surface area contributed by atoms with Crippen molar-refractivity contribution < 1.29 is 4.74 Å². The zero-order valence-electron chi connectivity index (χ0n) is 32.2. The van der Waals surface area contributed by atoms with Crippen molar-refractivity contribution in [2.45, 2.75) is 5.41 Å². The van der Waals surface area contributed by atoms with Crippen molar-refractivity contribution in [3.8, 4) is 79.4 Å². The zero-order chi connectivity index (χ0) is 39.6. The van der Waals surface area contributed by atoms with E-state index < -0.39 is 5.41 Å². The number of benzene rings is 8. The van der Waals surface area contributed by atoms with Crippen LogP contribution in [0.4, 0.5) is 0 Å². The molecule has 0 saturated carbocycles. The third kappa shape index (κ3) is 5.17. The van der Waals surface area contributed by atoms with Gasteiger partial charge in [0, 0.05) is 44.3 Å². The highest BCUT2D eigenvalue weighted by Gasteiger charge is 2.52. The van der Waals surface area contributed by atoms with Gasteiger partial charge in [-0.15, -0.1) is 0 Å². The second kappa shape index (κ2) is 13.5. The van der Waals surface area contributed by atoms with Crippen molar-refractivity contribution in [2.75, 3.05) is 0 Å². The fourth-order valence-electron chi connectivity index (χ4n) is 9.22. The Morgan fingerprint density at radius 2 is 0.867 bits per heavy atom. The van der Waals surface area contributed by atoms with Crippen LogP contribution in [0.15, 0.2) is 200 Å². The molecular weight excluding hydrogens is 735 g/mol. The Kier molecular flexibility index (Phi) is 7.65. The third-order valence-corrected chi connectivity index (χ3v) is 11.8. The summed E-state index contributed by atoms with van der Waals surface area (Å²) in [5.41, 5.74) is 12.3. The number of fused-ring (bicyclic) bond motifs is 10. The molecule has 0 amide bonds. The summed E-state index contributed by atoms with van der Waals surface area (Å²) < 4.78 is 6.71. The predicted octanol–water partition coefficient (Wildman–Crippen LogP) is 12.6. The van der Waals surface area contributed by atoms with Crippen LogP contribution in [0.2, 0.25) is 0 Å². The number of rotatable bonds is 5. The van der Waals surface area contributed by atoms with Crippen LogP contribution in [0.25, 0.3) is 78.8 Å². The first-order chi connectivity index (χ1) is 29.7. The van der Waals surface area contributed by atoms with E-state index in [2.05, 4.69) is 109 Å². The van der Waals surface area contributed by atoms with Crippen LogP contribution in [0, 0.1) is 0 Å². The van der Waals surface area contributed by atoms with Gasteiger partial charge in [-0.05, 0) is 46.5 Å². The van der Waals surface area contributed by atoms with Gasteiger partial charge in [-0.3, -0.25) is 0 Å². The lowest BCUT2D eigenvalue weighted by Gasteiger charge is -2.39. The van der Waals surface area contributed by atoms with Gasteiger partial charge in [0.2, 0.25) is 0 Å². The van der Waals surface area contributed by atoms with E-state index in [1.165, 1.54) is 0 Å². The maximum absolute atomic E-state index is 6.71. The SMILES string of the molecule is c1ccc(-c2nc(-c3ccccc3)nc(-c3cccc4c3-c3ccc(-c5nc(-c6ccccc6)c6ccccc6n5)cc3C43c4ccccc4Oc4ccccc43)n2)cc1. The van der Waals surface area contributed by atoms with Gasteiger partial charge >= 0.3 is 0 Å². The van der Waals surface area contributed by atoms with Gasteiger partial charge in [0.1, 0.15) is 11.5 Å². The minimum atomic E-state index is -0.751. The molecule has 0 bridgehead atoms. The smallest absolute Gasteiger partial charge is 0.164 e. The Morgan fingerprint density at radius 1 is 0.333 bits per heavy atom. The van der Waals surface area contributed by atoms with Gasteiger partial charge in [-0.2, -0.15) is 0 Å². The average Bonchev–Trinajstić information content (AvgIpc) is 3.62. The van der Waals surface area contributed by atoms with Crippen molar-refractivity contribution in [3.05, 3.63) is 222 Å². The molecule has 6 heteroatoms. The Bertz CT molecular complexity index is 3190. The molecule has 0 N–H and O–H groups in total. The van der Waals surface area contributed by atoms with Gasteiger partial charge in [0.05, 0.1) is 16.6 Å². The van der Waals surface area contributed by atoms with E-state index in [-0.39, 0.29) is 0 Å². The summed E-state index contributed by atoms with van der Waals surface area (Å²) in [6.07, 6.45) is 0. The lowest BCUT2D eigenvalue weighted by Crippen LogP contribution is -2.32. The normalized spacial score (nSPS) is 12.9. The number of aromatic nitrogens is 5. The van der Waals surface area contributed by atoms with Crippen molar-refractivity contribution in [1.82, 2.24) is 24.9 Å². The monoisotopic (exact) mass is 767 g/mol. The molecule has 2 aliphatic rings. The number of hydrogen-bond acceptors (Lipinski definition) is 6. The van der Waals surface area contributed by atoms with E-state index in [9.17, 15) is 0 Å². The lowest BCUT2D eigenvalue weighted by molar-refractivity contribution is 0.436.